The van der Waals surface area contributed by atoms with Crippen LogP contribution < -0.4 is 10.7 Å². The van der Waals surface area contributed by atoms with Gasteiger partial charge in [0.15, 0.2) is 0 Å². The van der Waals surface area contributed by atoms with E-state index in [0.717, 1.165) is 12.1 Å². The average molecular weight is 405 g/mol. The summed E-state index contributed by atoms with van der Waals surface area (Å²) >= 11 is 0. The van der Waals surface area contributed by atoms with Gasteiger partial charge in [0.1, 0.15) is 5.54 Å². The number of carbonyl (C=O) groups is 3. The normalized spacial score (nSPS) is 19.2. The molecule has 0 unspecified atom stereocenters. The second-order valence-corrected chi connectivity index (χ2v) is 6.61. The molecule has 3 rings (SSSR count). The molecule has 0 aliphatic carbocycles. The van der Waals surface area contributed by atoms with E-state index in [1.54, 1.807) is 37.3 Å². The van der Waals surface area contributed by atoms with Crippen molar-refractivity contribution in [1.29, 1.82) is 0 Å². The molecule has 1 aliphatic rings. The number of urea groups is 1. The van der Waals surface area contributed by atoms with Gasteiger partial charge in [0.25, 0.3) is 5.91 Å². The van der Waals surface area contributed by atoms with Crippen molar-refractivity contribution in [2.75, 3.05) is 0 Å². The summed E-state index contributed by atoms with van der Waals surface area (Å²) < 4.78 is 38.4. The molecule has 0 bridgehead atoms. The lowest BCUT2D eigenvalue weighted by Gasteiger charge is -2.25. The van der Waals surface area contributed by atoms with E-state index in [1.165, 1.54) is 12.1 Å². The van der Waals surface area contributed by atoms with Crippen molar-refractivity contribution < 1.29 is 27.6 Å². The Hall–Kier alpha value is -3.36. The summed E-state index contributed by atoms with van der Waals surface area (Å²) in [7, 11) is 0. The molecule has 0 radical (unpaired) electrons. The van der Waals surface area contributed by atoms with Gasteiger partial charge in [-0.05, 0) is 23.6 Å². The molecule has 0 aromatic heterocycles. The predicted molar refractivity (Wildman–Crippen MR) is 97.1 cm³/mol. The molecule has 29 heavy (non-hydrogen) atoms. The van der Waals surface area contributed by atoms with Crippen LogP contribution in [0.3, 0.4) is 0 Å². The predicted octanol–water partition coefficient (Wildman–Crippen LogP) is 3.14. The Bertz CT molecular complexity index is 947. The van der Waals surface area contributed by atoms with Gasteiger partial charge in [-0.2, -0.15) is 18.2 Å². The van der Waals surface area contributed by atoms with Gasteiger partial charge in [0.2, 0.25) is 5.91 Å². The van der Waals surface area contributed by atoms with Crippen molar-refractivity contribution in [3.8, 4) is 0 Å². The van der Waals surface area contributed by atoms with E-state index >= 15 is 0 Å². The summed E-state index contributed by atoms with van der Waals surface area (Å²) in [5, 5.41) is 3.18. The summed E-state index contributed by atoms with van der Waals surface area (Å²) in [6.07, 6.45) is -4.71. The summed E-state index contributed by atoms with van der Waals surface area (Å²) in [6, 6.07) is 12.1. The van der Waals surface area contributed by atoms with Crippen LogP contribution in [0.2, 0.25) is 0 Å². The number of halogens is 3. The lowest BCUT2D eigenvalue weighted by molar-refractivity contribution is -0.139. The third kappa shape index (κ3) is 3.94. The maximum absolute atomic E-state index is 12.9. The molecule has 1 atom stereocenters. The van der Waals surface area contributed by atoms with Gasteiger partial charge in [0, 0.05) is 0 Å². The minimum Gasteiger partial charge on any atom is -0.318 e. The minimum atomic E-state index is -4.53. The van der Waals surface area contributed by atoms with E-state index in [1.807, 2.05) is 0 Å². The van der Waals surface area contributed by atoms with Crippen LogP contribution in [-0.4, -0.2) is 22.9 Å². The van der Waals surface area contributed by atoms with Crippen LogP contribution >= 0.6 is 0 Å². The van der Waals surface area contributed by atoms with Crippen molar-refractivity contribution in [1.82, 2.24) is 15.8 Å². The molecule has 0 spiro atoms. The van der Waals surface area contributed by atoms with Gasteiger partial charge >= 0.3 is 12.2 Å². The third-order valence-corrected chi connectivity index (χ3v) is 4.74. The Morgan fingerprint density at radius 2 is 1.79 bits per heavy atom. The standard InChI is InChI=1S/C20H18F3N3O3/c1-2-19(14-8-4-3-5-9-14)17(28)26(18(29)24-19)25-16(27)12-13-7-6-10-15(11-13)20(21,22)23/h3-11H,2,12H2,1H3,(H,24,29)(H,25,27)/t19-/m0/s1. The molecule has 6 nitrogen and oxygen atoms in total. The van der Waals surface area contributed by atoms with E-state index in [-0.39, 0.29) is 12.0 Å². The second-order valence-electron chi connectivity index (χ2n) is 6.61. The highest BCUT2D eigenvalue weighted by Crippen LogP contribution is 2.32. The van der Waals surface area contributed by atoms with Crippen molar-refractivity contribution in [2.24, 2.45) is 0 Å². The molecular weight excluding hydrogens is 387 g/mol. The number of carbonyl (C=O) groups excluding carboxylic acids is 3. The topological polar surface area (TPSA) is 78.5 Å². The minimum absolute atomic E-state index is 0.106. The SMILES string of the molecule is CC[C@@]1(c2ccccc2)NC(=O)N(NC(=O)Cc2cccc(C(F)(F)F)c2)C1=O. The molecule has 2 aromatic carbocycles. The number of nitrogens with zero attached hydrogens (tertiary/aromatic N) is 1. The van der Waals surface area contributed by atoms with Gasteiger partial charge < -0.3 is 5.32 Å². The maximum atomic E-state index is 12.9. The molecule has 152 valence electrons. The van der Waals surface area contributed by atoms with Gasteiger partial charge in [0.05, 0.1) is 12.0 Å². The molecule has 4 amide bonds. The molecule has 1 aliphatic heterocycles. The number of imide groups is 1. The zero-order valence-corrected chi connectivity index (χ0v) is 15.4. The number of benzene rings is 2. The highest BCUT2D eigenvalue weighted by Gasteiger charge is 2.52. The first kappa shape index (κ1) is 20.4. The number of alkyl halides is 3. The Labute approximate surface area is 164 Å². The van der Waals surface area contributed by atoms with Crippen LogP contribution in [0.4, 0.5) is 18.0 Å². The summed E-state index contributed by atoms with van der Waals surface area (Å²) in [5.74, 6) is -1.44. The Balaban J connectivity index is 1.76. The summed E-state index contributed by atoms with van der Waals surface area (Å²) in [5.41, 5.74) is 0.666. The lowest BCUT2D eigenvalue weighted by Crippen LogP contribution is -2.49. The van der Waals surface area contributed by atoms with E-state index < -0.39 is 41.5 Å². The fourth-order valence-corrected chi connectivity index (χ4v) is 3.25. The monoisotopic (exact) mass is 405 g/mol. The van der Waals surface area contributed by atoms with Crippen LogP contribution in [-0.2, 0) is 27.7 Å². The van der Waals surface area contributed by atoms with Crippen LogP contribution in [0.25, 0.3) is 0 Å². The molecule has 2 aromatic rings. The van der Waals surface area contributed by atoms with Crippen molar-refractivity contribution in [3.05, 3.63) is 71.3 Å². The van der Waals surface area contributed by atoms with E-state index in [2.05, 4.69) is 10.7 Å². The number of hydrogen-bond acceptors (Lipinski definition) is 3. The lowest BCUT2D eigenvalue weighted by atomic mass is 9.87. The smallest absolute Gasteiger partial charge is 0.318 e. The first-order chi connectivity index (χ1) is 13.7. The van der Waals surface area contributed by atoms with E-state index in [0.29, 0.717) is 10.6 Å². The van der Waals surface area contributed by atoms with E-state index in [4.69, 9.17) is 0 Å². The van der Waals surface area contributed by atoms with Crippen LogP contribution in [0.15, 0.2) is 54.6 Å². The molecule has 1 fully saturated rings. The number of nitrogens with one attached hydrogen (secondary N) is 2. The third-order valence-electron chi connectivity index (χ3n) is 4.74. The van der Waals surface area contributed by atoms with Crippen LogP contribution in [0, 0.1) is 0 Å². The summed E-state index contributed by atoms with van der Waals surface area (Å²) in [4.78, 5) is 37.5. The largest absolute Gasteiger partial charge is 0.416 e. The highest BCUT2D eigenvalue weighted by molar-refractivity contribution is 6.08. The zero-order chi connectivity index (χ0) is 21.2. The molecule has 1 heterocycles. The Kier molecular flexibility index (Phi) is 5.32. The van der Waals surface area contributed by atoms with E-state index in [9.17, 15) is 27.6 Å². The van der Waals surface area contributed by atoms with Gasteiger partial charge in [-0.25, -0.2) is 4.79 Å². The average Bonchev–Trinajstić information content (AvgIpc) is 2.93. The Morgan fingerprint density at radius 3 is 2.41 bits per heavy atom. The van der Waals surface area contributed by atoms with Crippen molar-refractivity contribution in [3.63, 3.8) is 0 Å². The van der Waals surface area contributed by atoms with Crippen LogP contribution in [0.5, 0.6) is 0 Å². The number of hydrogen-bond donors (Lipinski definition) is 2. The first-order valence-corrected chi connectivity index (χ1v) is 8.85. The quantitative estimate of drug-likeness (QED) is 0.751. The summed E-state index contributed by atoms with van der Waals surface area (Å²) in [6.45, 7) is 1.72. The number of amides is 4. The fraction of sp³-hybridized carbons (Fsp3) is 0.250. The maximum Gasteiger partial charge on any atom is 0.416 e. The second kappa shape index (κ2) is 7.57. The first-order valence-electron chi connectivity index (χ1n) is 8.85. The number of hydrazine groups is 1. The van der Waals surface area contributed by atoms with Crippen LogP contribution in [0.1, 0.15) is 30.0 Å². The molecule has 9 heteroatoms. The molecule has 1 saturated heterocycles. The molecule has 0 saturated carbocycles. The fourth-order valence-electron chi connectivity index (χ4n) is 3.25. The van der Waals surface area contributed by atoms with Crippen molar-refractivity contribution in [2.45, 2.75) is 31.5 Å². The zero-order valence-electron chi connectivity index (χ0n) is 15.4. The van der Waals surface area contributed by atoms with Gasteiger partial charge in [-0.15, -0.1) is 0 Å². The highest BCUT2D eigenvalue weighted by atomic mass is 19.4. The molecular formula is C20H18F3N3O3. The van der Waals surface area contributed by atoms with Gasteiger partial charge in [-0.3, -0.25) is 15.0 Å². The molecule has 2 N–H and O–H groups in total. The number of rotatable bonds is 5. The van der Waals surface area contributed by atoms with Gasteiger partial charge in [-0.1, -0.05) is 55.5 Å². The Morgan fingerprint density at radius 1 is 1.10 bits per heavy atom. The van der Waals surface area contributed by atoms with Crippen molar-refractivity contribution >= 4 is 17.8 Å².